The van der Waals surface area contributed by atoms with E-state index in [1.165, 1.54) is 6.42 Å². The summed E-state index contributed by atoms with van der Waals surface area (Å²) >= 11 is 0. The highest BCUT2D eigenvalue weighted by Gasteiger charge is 2.31. The normalized spacial score (nSPS) is 36.2. The second-order valence-electron chi connectivity index (χ2n) is 11.6. The van der Waals surface area contributed by atoms with Gasteiger partial charge in [0.15, 0.2) is 25.2 Å². The molecule has 0 bridgehead atoms. The van der Waals surface area contributed by atoms with Gasteiger partial charge in [-0.1, -0.05) is 34.1 Å². The topological polar surface area (TPSA) is 92.3 Å². The lowest BCUT2D eigenvalue weighted by molar-refractivity contribution is -0.232. The van der Waals surface area contributed by atoms with Crippen LogP contribution in [-0.4, -0.2) is 102 Å². The summed E-state index contributed by atoms with van der Waals surface area (Å²) in [4.78, 5) is 0. The van der Waals surface area contributed by atoms with Crippen molar-refractivity contribution in [1.29, 1.82) is 0 Å². The molecule has 0 aromatic rings. The summed E-state index contributed by atoms with van der Waals surface area (Å²) in [6.45, 7) is 12.9. The molecule has 38 heavy (non-hydrogen) atoms. The Morgan fingerprint density at radius 2 is 1.16 bits per heavy atom. The van der Waals surface area contributed by atoms with E-state index in [-0.39, 0.29) is 49.6 Å². The molecule has 0 spiro atoms. The van der Waals surface area contributed by atoms with Crippen LogP contribution in [0.15, 0.2) is 0 Å². The van der Waals surface area contributed by atoms with Gasteiger partial charge < -0.3 is 47.4 Å². The summed E-state index contributed by atoms with van der Waals surface area (Å²) < 4.78 is 58.4. The van der Waals surface area contributed by atoms with Crippen molar-refractivity contribution in [3.8, 4) is 0 Å². The molecule has 4 rings (SSSR count). The molecule has 0 amide bonds. The van der Waals surface area contributed by atoms with Crippen molar-refractivity contribution >= 4 is 0 Å². The second kappa shape index (κ2) is 16.1. The van der Waals surface area contributed by atoms with Gasteiger partial charge in [-0.2, -0.15) is 0 Å². The molecule has 10 heteroatoms. The molecule has 4 saturated heterocycles. The van der Waals surface area contributed by atoms with E-state index < -0.39 is 0 Å². The summed E-state index contributed by atoms with van der Waals surface area (Å²) in [5, 5.41) is 0. The molecule has 6 unspecified atom stereocenters. The zero-order chi connectivity index (χ0) is 26.7. The van der Waals surface area contributed by atoms with Crippen LogP contribution in [0.5, 0.6) is 0 Å². The van der Waals surface area contributed by atoms with Gasteiger partial charge in [0.25, 0.3) is 0 Å². The van der Waals surface area contributed by atoms with Gasteiger partial charge in [0.1, 0.15) is 24.4 Å². The maximum absolute atomic E-state index is 5.97. The fourth-order valence-electron chi connectivity index (χ4n) is 4.91. The molecule has 0 N–H and O–H groups in total. The lowest BCUT2D eigenvalue weighted by Gasteiger charge is -2.30. The minimum Gasteiger partial charge on any atom is -0.376 e. The molecule has 4 aliphatic heterocycles. The lowest BCUT2D eigenvalue weighted by Crippen LogP contribution is -2.39. The SMILES string of the molecule is CC(C)CCCC1OCC(COC2COC(CCCC3OCC(COCC4COC(C(C)C)O4)O3)OC2)O1. The quantitative estimate of drug-likeness (QED) is 0.286. The molecule has 0 aromatic carbocycles. The molecule has 0 aliphatic carbocycles. The van der Waals surface area contributed by atoms with E-state index in [1.54, 1.807) is 0 Å². The molecule has 4 heterocycles. The van der Waals surface area contributed by atoms with Crippen LogP contribution in [0, 0.1) is 11.8 Å². The molecule has 222 valence electrons. The van der Waals surface area contributed by atoms with Gasteiger partial charge in [0.2, 0.25) is 0 Å². The van der Waals surface area contributed by atoms with Gasteiger partial charge in [-0.05, 0) is 38.0 Å². The van der Waals surface area contributed by atoms with Gasteiger partial charge in [-0.15, -0.1) is 0 Å². The van der Waals surface area contributed by atoms with Gasteiger partial charge in [-0.25, -0.2) is 0 Å². The van der Waals surface area contributed by atoms with Crippen LogP contribution in [0.4, 0.5) is 0 Å². The monoisotopic (exact) mass is 546 g/mol. The Hall–Kier alpha value is -0.400. The van der Waals surface area contributed by atoms with E-state index in [0.717, 1.165) is 32.1 Å². The fraction of sp³-hybridized carbons (Fsp3) is 1.00. The molecule has 0 radical (unpaired) electrons. The summed E-state index contributed by atoms with van der Waals surface area (Å²) in [7, 11) is 0. The van der Waals surface area contributed by atoms with E-state index >= 15 is 0 Å². The minimum atomic E-state index is -0.213. The van der Waals surface area contributed by atoms with Crippen LogP contribution in [0.1, 0.15) is 66.2 Å². The molecule has 6 atom stereocenters. The molecule has 0 saturated carbocycles. The summed E-state index contributed by atoms with van der Waals surface area (Å²) in [6.07, 6.45) is 4.96. The number of hydrogen-bond acceptors (Lipinski definition) is 10. The Labute approximate surface area is 228 Å². The number of ether oxygens (including phenoxy) is 10. The molecule has 4 fully saturated rings. The maximum atomic E-state index is 5.97. The second-order valence-corrected chi connectivity index (χ2v) is 11.6. The molecular formula is C28H50O10. The first-order valence-corrected chi connectivity index (χ1v) is 14.7. The van der Waals surface area contributed by atoms with Gasteiger partial charge in [-0.3, -0.25) is 0 Å². The highest BCUT2D eigenvalue weighted by Crippen LogP contribution is 2.23. The number of hydrogen-bond donors (Lipinski definition) is 0. The third kappa shape index (κ3) is 10.5. The van der Waals surface area contributed by atoms with Crippen LogP contribution >= 0.6 is 0 Å². The van der Waals surface area contributed by atoms with Crippen LogP contribution in [0.2, 0.25) is 0 Å². The highest BCUT2D eigenvalue weighted by atomic mass is 16.7. The minimum absolute atomic E-state index is 0.0113. The van der Waals surface area contributed by atoms with Gasteiger partial charge in [0, 0.05) is 5.92 Å². The summed E-state index contributed by atoms with van der Waals surface area (Å²) in [5.74, 6) is 1.06. The van der Waals surface area contributed by atoms with E-state index in [1.807, 2.05) is 0 Å². The van der Waals surface area contributed by atoms with Crippen LogP contribution in [0.3, 0.4) is 0 Å². The van der Waals surface area contributed by atoms with Crippen molar-refractivity contribution in [3.63, 3.8) is 0 Å². The third-order valence-electron chi connectivity index (χ3n) is 7.10. The van der Waals surface area contributed by atoms with Crippen molar-refractivity contribution < 1.29 is 47.4 Å². The standard InChI is InChI=1S/C28H50O10/c1-19(2)7-5-9-26-34-17-24(37-26)15-30-21-13-31-25(32-14-21)8-6-10-27-33-16-22(36-27)11-29-12-23-18-35-28(38-23)20(3)4/h19-28H,5-18H2,1-4H3. The number of rotatable bonds is 16. The first-order valence-electron chi connectivity index (χ1n) is 14.7. The fourth-order valence-corrected chi connectivity index (χ4v) is 4.91. The predicted octanol–water partition coefficient (Wildman–Crippen LogP) is 3.64. The van der Waals surface area contributed by atoms with E-state index in [4.69, 9.17) is 47.4 Å². The van der Waals surface area contributed by atoms with Crippen LogP contribution in [0.25, 0.3) is 0 Å². The van der Waals surface area contributed by atoms with Crippen molar-refractivity contribution in [2.45, 2.75) is 116 Å². The average Bonchev–Trinajstić information content (AvgIpc) is 3.65. The first-order chi connectivity index (χ1) is 18.4. The molecule has 0 aromatic heterocycles. The smallest absolute Gasteiger partial charge is 0.160 e. The van der Waals surface area contributed by atoms with Gasteiger partial charge >= 0.3 is 0 Å². The van der Waals surface area contributed by atoms with Crippen LogP contribution in [-0.2, 0) is 47.4 Å². The Morgan fingerprint density at radius 3 is 1.79 bits per heavy atom. The van der Waals surface area contributed by atoms with Gasteiger partial charge in [0.05, 0.1) is 52.9 Å². The first kappa shape index (κ1) is 30.6. The average molecular weight is 547 g/mol. The summed E-state index contributed by atoms with van der Waals surface area (Å²) in [5.41, 5.74) is 0. The van der Waals surface area contributed by atoms with E-state index in [0.29, 0.717) is 64.7 Å². The van der Waals surface area contributed by atoms with Crippen molar-refractivity contribution in [3.05, 3.63) is 0 Å². The Morgan fingerprint density at radius 1 is 0.605 bits per heavy atom. The zero-order valence-corrected chi connectivity index (χ0v) is 23.8. The lowest BCUT2D eigenvalue weighted by atomic mass is 10.1. The van der Waals surface area contributed by atoms with Crippen molar-refractivity contribution in [1.82, 2.24) is 0 Å². The maximum Gasteiger partial charge on any atom is 0.160 e. The van der Waals surface area contributed by atoms with E-state index in [2.05, 4.69) is 27.7 Å². The van der Waals surface area contributed by atoms with Crippen LogP contribution < -0.4 is 0 Å². The molecule has 10 nitrogen and oxygen atoms in total. The zero-order valence-electron chi connectivity index (χ0n) is 23.8. The largest absolute Gasteiger partial charge is 0.376 e. The molecular weight excluding hydrogens is 496 g/mol. The van der Waals surface area contributed by atoms with Crippen molar-refractivity contribution in [2.75, 3.05) is 52.9 Å². The Balaban J connectivity index is 0.972. The summed E-state index contributed by atoms with van der Waals surface area (Å²) in [6, 6.07) is 0. The van der Waals surface area contributed by atoms with E-state index in [9.17, 15) is 0 Å². The Bertz CT molecular complexity index is 641. The third-order valence-corrected chi connectivity index (χ3v) is 7.10. The highest BCUT2D eigenvalue weighted by molar-refractivity contribution is 4.71. The predicted molar refractivity (Wildman–Crippen MR) is 137 cm³/mol. The molecule has 4 aliphatic rings. The van der Waals surface area contributed by atoms with Crippen molar-refractivity contribution in [2.24, 2.45) is 11.8 Å². The Kier molecular flexibility index (Phi) is 13.0.